The lowest BCUT2D eigenvalue weighted by atomic mass is 9.75. The zero-order valence-corrected chi connectivity index (χ0v) is 8.15. The van der Waals surface area contributed by atoms with Gasteiger partial charge in [-0.1, -0.05) is 0 Å². The summed E-state index contributed by atoms with van der Waals surface area (Å²) >= 11 is 0. The van der Waals surface area contributed by atoms with Crippen molar-refractivity contribution in [1.82, 2.24) is 10.2 Å². The molecule has 1 N–H and O–H groups in total. The molecule has 0 aliphatic carbocycles. The second-order valence-electron chi connectivity index (χ2n) is 4.28. The van der Waals surface area contributed by atoms with Crippen LogP contribution in [0.1, 0.15) is 12.8 Å². The SMILES string of the molecule is CN1CCC(F)(F)C2(CCNC2=O)C1. The monoisotopic (exact) mass is 204 g/mol. The lowest BCUT2D eigenvalue weighted by Gasteiger charge is -2.42. The summed E-state index contributed by atoms with van der Waals surface area (Å²) in [5.74, 6) is -3.32. The van der Waals surface area contributed by atoms with Gasteiger partial charge in [-0.15, -0.1) is 0 Å². The number of piperidine rings is 1. The second-order valence-corrected chi connectivity index (χ2v) is 4.28. The third kappa shape index (κ3) is 1.15. The summed E-state index contributed by atoms with van der Waals surface area (Å²) in [5, 5.41) is 2.51. The van der Waals surface area contributed by atoms with Gasteiger partial charge in [0.05, 0.1) is 0 Å². The quantitative estimate of drug-likeness (QED) is 0.622. The standard InChI is InChI=1S/C9H14F2N2O/c1-13-5-3-9(10,11)8(6-13)2-4-12-7(8)14/h2-6H2,1H3,(H,12,14). The van der Waals surface area contributed by atoms with Gasteiger partial charge in [0.15, 0.2) is 0 Å². The fourth-order valence-corrected chi connectivity index (χ4v) is 2.40. The average molecular weight is 204 g/mol. The number of hydrogen-bond acceptors (Lipinski definition) is 2. The molecule has 0 aromatic heterocycles. The molecule has 5 heteroatoms. The van der Waals surface area contributed by atoms with Crippen molar-refractivity contribution in [3.8, 4) is 0 Å². The number of carbonyl (C=O) groups excluding carboxylic acids is 1. The van der Waals surface area contributed by atoms with Gasteiger partial charge in [-0.3, -0.25) is 4.79 Å². The Hall–Kier alpha value is -0.710. The Labute approximate surface area is 81.4 Å². The number of halogens is 2. The number of carbonyl (C=O) groups is 1. The van der Waals surface area contributed by atoms with Crippen LogP contribution in [-0.4, -0.2) is 43.4 Å². The summed E-state index contributed by atoms with van der Waals surface area (Å²) in [5.41, 5.74) is -1.46. The van der Waals surface area contributed by atoms with Gasteiger partial charge in [0.1, 0.15) is 5.41 Å². The van der Waals surface area contributed by atoms with Gasteiger partial charge >= 0.3 is 0 Å². The second kappa shape index (κ2) is 2.89. The van der Waals surface area contributed by atoms with Crippen molar-refractivity contribution in [1.29, 1.82) is 0 Å². The summed E-state index contributed by atoms with van der Waals surface area (Å²) in [7, 11) is 1.78. The molecule has 1 amide bonds. The third-order valence-corrected chi connectivity index (χ3v) is 3.32. The molecule has 2 aliphatic heterocycles. The van der Waals surface area contributed by atoms with Gasteiger partial charge in [0.25, 0.3) is 5.92 Å². The number of likely N-dealkylation sites (tertiary alicyclic amines) is 1. The summed E-state index contributed by atoms with van der Waals surface area (Å²) < 4.78 is 27.4. The van der Waals surface area contributed by atoms with Crippen LogP contribution in [0.15, 0.2) is 0 Å². The first-order chi connectivity index (χ1) is 6.48. The highest BCUT2D eigenvalue weighted by molar-refractivity contribution is 5.86. The van der Waals surface area contributed by atoms with Crippen molar-refractivity contribution in [3.05, 3.63) is 0 Å². The molecule has 1 spiro atoms. The summed E-state index contributed by atoms with van der Waals surface area (Å²) in [6.07, 6.45) is 0.0418. The largest absolute Gasteiger partial charge is 0.355 e. The minimum absolute atomic E-state index is 0.172. The number of alkyl halides is 2. The van der Waals surface area contributed by atoms with E-state index in [2.05, 4.69) is 5.32 Å². The van der Waals surface area contributed by atoms with Crippen LogP contribution in [0.2, 0.25) is 0 Å². The number of hydrogen-bond donors (Lipinski definition) is 1. The van der Waals surface area contributed by atoms with E-state index in [1.54, 1.807) is 7.05 Å². The van der Waals surface area contributed by atoms with E-state index in [-0.39, 0.29) is 19.4 Å². The van der Waals surface area contributed by atoms with Crippen molar-refractivity contribution in [2.24, 2.45) is 5.41 Å². The van der Waals surface area contributed by atoms with E-state index in [1.165, 1.54) is 0 Å². The molecule has 2 rings (SSSR count). The highest BCUT2D eigenvalue weighted by Crippen LogP contribution is 2.47. The fourth-order valence-electron chi connectivity index (χ4n) is 2.40. The van der Waals surface area contributed by atoms with Gasteiger partial charge in [-0.2, -0.15) is 0 Å². The number of nitrogens with one attached hydrogen (secondary N) is 1. The smallest absolute Gasteiger partial charge is 0.264 e. The number of rotatable bonds is 0. The first kappa shape index (κ1) is 9.83. The van der Waals surface area contributed by atoms with E-state index >= 15 is 0 Å². The van der Waals surface area contributed by atoms with Gasteiger partial charge in [0.2, 0.25) is 5.91 Å². The maximum atomic E-state index is 13.7. The molecule has 1 unspecified atom stereocenters. The Bertz CT molecular complexity index is 270. The van der Waals surface area contributed by atoms with Crippen LogP contribution < -0.4 is 5.32 Å². The lowest BCUT2D eigenvalue weighted by Crippen LogP contribution is -2.58. The predicted molar refractivity (Wildman–Crippen MR) is 47.1 cm³/mol. The van der Waals surface area contributed by atoms with E-state index in [1.807, 2.05) is 4.90 Å². The minimum Gasteiger partial charge on any atom is -0.355 e. The molecule has 0 bridgehead atoms. The molecule has 2 saturated heterocycles. The van der Waals surface area contributed by atoms with E-state index in [0.717, 1.165) is 0 Å². The summed E-state index contributed by atoms with van der Waals surface area (Å²) in [6, 6.07) is 0. The van der Waals surface area contributed by atoms with Crippen molar-refractivity contribution in [2.75, 3.05) is 26.7 Å². The van der Waals surface area contributed by atoms with Crippen LogP contribution in [0.5, 0.6) is 0 Å². The Kier molecular flexibility index (Phi) is 2.03. The zero-order valence-electron chi connectivity index (χ0n) is 8.15. The summed E-state index contributed by atoms with van der Waals surface area (Å²) in [4.78, 5) is 13.3. The molecule has 2 aliphatic rings. The molecule has 3 nitrogen and oxygen atoms in total. The fraction of sp³-hybridized carbons (Fsp3) is 0.889. The maximum absolute atomic E-state index is 13.7. The van der Waals surface area contributed by atoms with E-state index in [4.69, 9.17) is 0 Å². The van der Waals surface area contributed by atoms with Crippen LogP contribution in [-0.2, 0) is 4.79 Å². The molecular weight excluding hydrogens is 190 g/mol. The predicted octanol–water partition coefficient (Wildman–Crippen LogP) is 0.464. The van der Waals surface area contributed by atoms with Crippen LogP contribution in [0, 0.1) is 5.41 Å². The van der Waals surface area contributed by atoms with Crippen molar-refractivity contribution in [2.45, 2.75) is 18.8 Å². The van der Waals surface area contributed by atoms with Crippen molar-refractivity contribution >= 4 is 5.91 Å². The van der Waals surface area contributed by atoms with Gasteiger partial charge < -0.3 is 10.2 Å². The van der Waals surface area contributed by atoms with E-state index in [9.17, 15) is 13.6 Å². The third-order valence-electron chi connectivity index (χ3n) is 3.32. The van der Waals surface area contributed by atoms with Crippen LogP contribution >= 0.6 is 0 Å². The Morgan fingerprint density at radius 2 is 2.14 bits per heavy atom. The molecule has 14 heavy (non-hydrogen) atoms. The number of nitrogens with zero attached hydrogens (tertiary/aromatic N) is 1. The molecular formula is C9H14F2N2O. The van der Waals surface area contributed by atoms with Crippen molar-refractivity contribution in [3.63, 3.8) is 0 Å². The maximum Gasteiger partial charge on any atom is 0.264 e. The Balaban J connectivity index is 2.33. The Morgan fingerprint density at radius 3 is 2.71 bits per heavy atom. The molecule has 0 radical (unpaired) electrons. The topological polar surface area (TPSA) is 32.3 Å². The molecule has 2 fully saturated rings. The van der Waals surface area contributed by atoms with Crippen LogP contribution in [0.3, 0.4) is 0 Å². The first-order valence-electron chi connectivity index (χ1n) is 4.83. The van der Waals surface area contributed by atoms with E-state index < -0.39 is 17.2 Å². The van der Waals surface area contributed by atoms with Crippen LogP contribution in [0.4, 0.5) is 8.78 Å². The highest BCUT2D eigenvalue weighted by Gasteiger charge is 2.62. The summed E-state index contributed by atoms with van der Waals surface area (Å²) in [6.45, 7) is 0.913. The van der Waals surface area contributed by atoms with E-state index in [0.29, 0.717) is 13.1 Å². The number of amides is 1. The van der Waals surface area contributed by atoms with Gasteiger partial charge in [0, 0.05) is 26.1 Å². The Morgan fingerprint density at radius 1 is 1.43 bits per heavy atom. The molecule has 0 aromatic rings. The molecule has 0 saturated carbocycles. The molecule has 0 aromatic carbocycles. The molecule has 2 heterocycles. The normalized spacial score (nSPS) is 37.5. The highest BCUT2D eigenvalue weighted by atomic mass is 19.3. The van der Waals surface area contributed by atoms with Crippen LogP contribution in [0.25, 0.3) is 0 Å². The molecule has 1 atom stereocenters. The lowest BCUT2D eigenvalue weighted by molar-refractivity contribution is -0.174. The zero-order chi connectivity index (χ0) is 10.4. The average Bonchev–Trinajstić information content (AvgIpc) is 2.44. The van der Waals surface area contributed by atoms with Gasteiger partial charge in [-0.05, 0) is 13.5 Å². The van der Waals surface area contributed by atoms with Crippen molar-refractivity contribution < 1.29 is 13.6 Å². The first-order valence-corrected chi connectivity index (χ1v) is 4.83. The van der Waals surface area contributed by atoms with Gasteiger partial charge in [-0.25, -0.2) is 8.78 Å². The molecule has 80 valence electrons. The minimum atomic E-state index is -2.85.